The first-order chi connectivity index (χ1) is 11.5. The normalized spacial score (nSPS) is 18.9. The van der Waals surface area contributed by atoms with Crippen LogP contribution in [0.15, 0.2) is 24.3 Å². The van der Waals surface area contributed by atoms with Gasteiger partial charge < -0.3 is 23.5 Å². The predicted molar refractivity (Wildman–Crippen MR) is 88.6 cm³/mol. The van der Waals surface area contributed by atoms with Crippen molar-refractivity contribution in [3.8, 4) is 0 Å². The average molecular weight is 334 g/mol. The van der Waals surface area contributed by atoms with Crippen LogP contribution in [-0.4, -0.2) is 50.6 Å². The molecule has 0 atom stereocenters. The molecular formula is C17H22N2O5. The molecule has 1 saturated heterocycles. The molecule has 2 heterocycles. The fraction of sp³-hybridized carbons (Fsp3) is 0.471. The zero-order chi connectivity index (χ0) is 17.7. The Balaban J connectivity index is 2.27. The Labute approximate surface area is 140 Å². The molecule has 0 aliphatic carbocycles. The number of carbonyl (C=O) groups is 1. The molecule has 1 aromatic carbocycles. The van der Waals surface area contributed by atoms with Crippen LogP contribution in [0.5, 0.6) is 0 Å². The van der Waals surface area contributed by atoms with Gasteiger partial charge >= 0.3 is 11.7 Å². The minimum atomic E-state index is -1.65. The first-order valence-electron chi connectivity index (χ1n) is 7.55. The summed E-state index contributed by atoms with van der Waals surface area (Å²) in [5.74, 6) is -3.54. The van der Waals surface area contributed by atoms with Gasteiger partial charge in [0.05, 0.1) is 11.2 Å². The summed E-state index contributed by atoms with van der Waals surface area (Å²) in [6.45, 7) is 1.94. The summed E-state index contributed by atoms with van der Waals surface area (Å²) in [5.41, 5.74) is 2.63. The van der Waals surface area contributed by atoms with E-state index in [1.807, 2.05) is 42.8 Å². The number of methoxy groups -OCH3 is 4. The predicted octanol–water partition coefficient (Wildman–Crippen LogP) is 1.77. The van der Waals surface area contributed by atoms with Gasteiger partial charge in [-0.1, -0.05) is 18.2 Å². The lowest BCUT2D eigenvalue weighted by molar-refractivity contribution is -0.393. The molecule has 24 heavy (non-hydrogen) atoms. The van der Waals surface area contributed by atoms with Gasteiger partial charge in [-0.25, -0.2) is 4.90 Å². The number of fused-ring (bicyclic) bond motifs is 1. The summed E-state index contributed by atoms with van der Waals surface area (Å²) in [6.07, 6.45) is 0. The third-order valence-corrected chi connectivity index (χ3v) is 4.91. The summed E-state index contributed by atoms with van der Waals surface area (Å²) in [4.78, 5) is 14.4. The van der Waals surface area contributed by atoms with Crippen LogP contribution in [0.2, 0.25) is 0 Å². The number of ether oxygens (including phenoxy) is 4. The van der Waals surface area contributed by atoms with Crippen molar-refractivity contribution in [2.24, 2.45) is 7.05 Å². The number of aromatic nitrogens is 1. The minimum absolute atomic E-state index is 0.379. The quantitative estimate of drug-likeness (QED) is 0.616. The van der Waals surface area contributed by atoms with Crippen molar-refractivity contribution in [1.82, 2.24) is 4.57 Å². The summed E-state index contributed by atoms with van der Waals surface area (Å²) in [5, 5.41) is 0.921. The van der Waals surface area contributed by atoms with Crippen LogP contribution in [-0.2, 0) is 30.8 Å². The maximum atomic E-state index is 13.0. The second kappa shape index (κ2) is 5.56. The maximum absolute atomic E-state index is 13.0. The van der Waals surface area contributed by atoms with Crippen molar-refractivity contribution in [3.05, 3.63) is 30.0 Å². The highest BCUT2D eigenvalue weighted by Crippen LogP contribution is 2.51. The van der Waals surface area contributed by atoms with E-state index in [1.54, 1.807) is 0 Å². The number of benzene rings is 1. The Morgan fingerprint density at radius 1 is 0.958 bits per heavy atom. The molecule has 0 saturated carbocycles. The van der Waals surface area contributed by atoms with Crippen LogP contribution in [0.4, 0.5) is 5.69 Å². The lowest BCUT2D eigenvalue weighted by Crippen LogP contribution is -2.86. The van der Waals surface area contributed by atoms with E-state index in [0.29, 0.717) is 5.69 Å². The number of carbonyl (C=O) groups excluding carboxylic acids is 1. The molecule has 1 aliphatic rings. The highest BCUT2D eigenvalue weighted by atomic mass is 16.8. The van der Waals surface area contributed by atoms with Crippen molar-refractivity contribution < 1.29 is 23.7 Å². The van der Waals surface area contributed by atoms with E-state index < -0.39 is 11.7 Å². The SMILES string of the molecule is COC1(OC)C(=O)N(c2c(C)n(C)c3ccccc23)C1(OC)OC. The van der Waals surface area contributed by atoms with Crippen LogP contribution in [0.1, 0.15) is 5.69 Å². The molecule has 2 aromatic rings. The molecule has 0 spiro atoms. The molecule has 3 rings (SSSR count). The Hall–Kier alpha value is -1.93. The largest absolute Gasteiger partial charge is 0.346 e. The third kappa shape index (κ3) is 1.67. The van der Waals surface area contributed by atoms with Gasteiger partial charge in [-0.3, -0.25) is 4.79 Å². The van der Waals surface area contributed by atoms with Crippen molar-refractivity contribution in [3.63, 3.8) is 0 Å². The molecule has 0 N–H and O–H groups in total. The molecule has 1 aromatic heterocycles. The molecule has 0 bridgehead atoms. The smallest absolute Gasteiger partial charge is 0.328 e. The molecule has 7 nitrogen and oxygen atoms in total. The summed E-state index contributed by atoms with van der Waals surface area (Å²) < 4.78 is 24.0. The fourth-order valence-corrected chi connectivity index (χ4v) is 3.59. The van der Waals surface area contributed by atoms with Crippen molar-refractivity contribution in [2.75, 3.05) is 33.3 Å². The minimum Gasteiger partial charge on any atom is -0.346 e. The number of rotatable bonds is 5. The number of para-hydroxylation sites is 1. The van der Waals surface area contributed by atoms with Gasteiger partial charge in [0, 0.05) is 46.6 Å². The zero-order valence-corrected chi connectivity index (χ0v) is 14.7. The molecule has 0 unspecified atom stereocenters. The number of aryl methyl sites for hydroxylation is 1. The van der Waals surface area contributed by atoms with Crippen LogP contribution in [0.25, 0.3) is 10.9 Å². The standard InChI is InChI=1S/C17H22N2O5/c1-11-14(12-9-7-8-10-13(12)18(11)2)19-15(20)16(21-3,22-4)17(19,23-5)24-6/h7-10H,1-6H3. The monoisotopic (exact) mass is 334 g/mol. The van der Waals surface area contributed by atoms with Crippen molar-refractivity contribution >= 4 is 22.5 Å². The van der Waals surface area contributed by atoms with E-state index in [2.05, 4.69) is 0 Å². The summed E-state index contributed by atoms with van der Waals surface area (Å²) in [6, 6.07) is 7.84. The van der Waals surface area contributed by atoms with E-state index in [4.69, 9.17) is 18.9 Å². The lowest BCUT2D eigenvalue weighted by atomic mass is 9.96. The first kappa shape index (κ1) is 16.9. The number of nitrogens with zero attached hydrogens (tertiary/aromatic N) is 2. The van der Waals surface area contributed by atoms with Crippen LogP contribution >= 0.6 is 0 Å². The van der Waals surface area contributed by atoms with Crippen LogP contribution in [0.3, 0.4) is 0 Å². The summed E-state index contributed by atoms with van der Waals surface area (Å²) in [7, 11) is 7.64. The third-order valence-electron chi connectivity index (χ3n) is 4.91. The highest BCUT2D eigenvalue weighted by molar-refractivity contribution is 6.13. The molecule has 1 fully saturated rings. The Morgan fingerprint density at radius 3 is 2.08 bits per heavy atom. The average Bonchev–Trinajstić information content (AvgIpc) is 2.86. The van der Waals surface area contributed by atoms with Gasteiger partial charge in [-0.15, -0.1) is 0 Å². The van der Waals surface area contributed by atoms with Gasteiger partial charge in [0.1, 0.15) is 0 Å². The molecule has 1 amide bonds. The Kier molecular flexibility index (Phi) is 3.92. The molecular weight excluding hydrogens is 312 g/mol. The number of amides is 1. The Bertz CT molecular complexity index is 790. The topological polar surface area (TPSA) is 62.2 Å². The van der Waals surface area contributed by atoms with E-state index in [0.717, 1.165) is 16.6 Å². The van der Waals surface area contributed by atoms with Gasteiger partial charge in [0.2, 0.25) is 0 Å². The summed E-state index contributed by atoms with van der Waals surface area (Å²) >= 11 is 0. The van der Waals surface area contributed by atoms with Crippen molar-refractivity contribution in [1.29, 1.82) is 0 Å². The van der Waals surface area contributed by atoms with E-state index in [1.165, 1.54) is 33.3 Å². The van der Waals surface area contributed by atoms with E-state index in [-0.39, 0.29) is 5.91 Å². The van der Waals surface area contributed by atoms with Crippen molar-refractivity contribution in [2.45, 2.75) is 18.6 Å². The number of hydrogen-bond donors (Lipinski definition) is 0. The van der Waals surface area contributed by atoms with E-state index >= 15 is 0 Å². The second-order valence-electron chi connectivity index (χ2n) is 5.67. The maximum Gasteiger partial charge on any atom is 0.328 e. The molecule has 7 heteroatoms. The first-order valence-corrected chi connectivity index (χ1v) is 7.55. The molecule has 1 aliphatic heterocycles. The van der Waals surface area contributed by atoms with Gasteiger partial charge in [-0.2, -0.15) is 0 Å². The van der Waals surface area contributed by atoms with Gasteiger partial charge in [-0.05, 0) is 13.0 Å². The lowest BCUT2D eigenvalue weighted by Gasteiger charge is -2.58. The zero-order valence-electron chi connectivity index (χ0n) is 14.7. The molecule has 0 radical (unpaired) electrons. The van der Waals surface area contributed by atoms with E-state index in [9.17, 15) is 4.79 Å². The second-order valence-corrected chi connectivity index (χ2v) is 5.67. The van der Waals surface area contributed by atoms with Gasteiger partial charge in [0.15, 0.2) is 0 Å². The van der Waals surface area contributed by atoms with Crippen LogP contribution < -0.4 is 4.90 Å². The number of β-lactam (4-membered cyclic amide) rings is 1. The van der Waals surface area contributed by atoms with Gasteiger partial charge in [0.25, 0.3) is 5.91 Å². The Morgan fingerprint density at radius 2 is 1.54 bits per heavy atom. The number of hydrogen-bond acceptors (Lipinski definition) is 5. The highest BCUT2D eigenvalue weighted by Gasteiger charge is 2.77. The van der Waals surface area contributed by atoms with Crippen LogP contribution in [0, 0.1) is 6.92 Å². The molecule has 130 valence electrons. The number of anilines is 1. The fourth-order valence-electron chi connectivity index (χ4n) is 3.59.